The minimum atomic E-state index is 0.156. The van der Waals surface area contributed by atoms with Crippen molar-refractivity contribution < 1.29 is 4.79 Å². The van der Waals surface area contributed by atoms with Crippen molar-refractivity contribution in [2.24, 2.45) is 5.92 Å². The van der Waals surface area contributed by atoms with Crippen LogP contribution >= 0.6 is 0 Å². The fourth-order valence-electron chi connectivity index (χ4n) is 2.08. The van der Waals surface area contributed by atoms with Gasteiger partial charge in [-0.2, -0.15) is 0 Å². The second-order valence-electron chi connectivity index (χ2n) is 5.21. The number of carbonyl (C=O) groups is 1. The third kappa shape index (κ3) is 2.84. The number of rotatable bonds is 3. The van der Waals surface area contributed by atoms with Gasteiger partial charge in [-0.05, 0) is 43.0 Å². The Balaban J connectivity index is 1.74. The standard InChI is InChI=1S/C17H17NO/c1-12-2-4-13(5-3-12)14-8-10-16(11-9-14)18-17(19)15-6-7-15/h2-5,8-11,15H,6-7H2,1H3,(H,18,19). The fraction of sp³-hybridized carbons (Fsp3) is 0.235. The van der Waals surface area contributed by atoms with Crippen LogP contribution in [0.2, 0.25) is 0 Å². The molecular formula is C17H17NO. The molecule has 0 atom stereocenters. The second-order valence-corrected chi connectivity index (χ2v) is 5.21. The van der Waals surface area contributed by atoms with Crippen LogP contribution in [0, 0.1) is 12.8 Å². The topological polar surface area (TPSA) is 29.1 Å². The Hall–Kier alpha value is -2.09. The zero-order valence-electron chi connectivity index (χ0n) is 11.0. The monoisotopic (exact) mass is 251 g/mol. The summed E-state index contributed by atoms with van der Waals surface area (Å²) < 4.78 is 0. The van der Waals surface area contributed by atoms with Crippen LogP contribution in [0.15, 0.2) is 48.5 Å². The maximum Gasteiger partial charge on any atom is 0.227 e. The molecule has 0 spiro atoms. The first-order valence-corrected chi connectivity index (χ1v) is 6.70. The molecular weight excluding hydrogens is 234 g/mol. The summed E-state index contributed by atoms with van der Waals surface area (Å²) in [7, 11) is 0. The smallest absolute Gasteiger partial charge is 0.227 e. The molecule has 0 bridgehead atoms. The van der Waals surface area contributed by atoms with Gasteiger partial charge in [0.15, 0.2) is 0 Å². The van der Waals surface area contributed by atoms with Crippen molar-refractivity contribution >= 4 is 11.6 Å². The highest BCUT2D eigenvalue weighted by molar-refractivity contribution is 5.94. The summed E-state index contributed by atoms with van der Waals surface area (Å²) in [6.07, 6.45) is 2.07. The molecule has 0 unspecified atom stereocenters. The maximum absolute atomic E-state index is 11.7. The van der Waals surface area contributed by atoms with Gasteiger partial charge in [0, 0.05) is 11.6 Å². The van der Waals surface area contributed by atoms with E-state index in [0.29, 0.717) is 0 Å². The highest BCUT2D eigenvalue weighted by Gasteiger charge is 2.29. The van der Waals surface area contributed by atoms with E-state index in [0.717, 1.165) is 18.5 Å². The molecule has 2 heteroatoms. The van der Waals surface area contributed by atoms with Gasteiger partial charge in [0.25, 0.3) is 0 Å². The van der Waals surface area contributed by atoms with Gasteiger partial charge in [0.1, 0.15) is 0 Å². The van der Waals surface area contributed by atoms with Crippen LogP contribution in [0.1, 0.15) is 18.4 Å². The summed E-state index contributed by atoms with van der Waals surface area (Å²) >= 11 is 0. The average molecular weight is 251 g/mol. The molecule has 0 heterocycles. The molecule has 96 valence electrons. The van der Waals surface area contributed by atoms with Crippen LogP contribution in [-0.2, 0) is 4.79 Å². The van der Waals surface area contributed by atoms with E-state index in [1.165, 1.54) is 16.7 Å². The van der Waals surface area contributed by atoms with Gasteiger partial charge in [0.05, 0.1) is 0 Å². The Morgan fingerprint density at radius 1 is 0.947 bits per heavy atom. The number of anilines is 1. The molecule has 1 aliphatic carbocycles. The highest BCUT2D eigenvalue weighted by Crippen LogP contribution is 2.30. The normalized spacial score (nSPS) is 14.2. The third-order valence-corrected chi connectivity index (χ3v) is 3.49. The first kappa shape index (κ1) is 12.0. The van der Waals surface area contributed by atoms with E-state index in [9.17, 15) is 4.79 Å². The maximum atomic E-state index is 11.7. The second kappa shape index (κ2) is 4.88. The number of carbonyl (C=O) groups excluding carboxylic acids is 1. The first-order chi connectivity index (χ1) is 9.22. The van der Waals surface area contributed by atoms with Crippen molar-refractivity contribution in [3.8, 4) is 11.1 Å². The summed E-state index contributed by atoms with van der Waals surface area (Å²) in [4.78, 5) is 11.7. The number of benzene rings is 2. The van der Waals surface area contributed by atoms with Gasteiger partial charge in [-0.15, -0.1) is 0 Å². The Bertz CT molecular complexity index is 580. The van der Waals surface area contributed by atoms with Crippen LogP contribution in [0.4, 0.5) is 5.69 Å². The van der Waals surface area contributed by atoms with Gasteiger partial charge in [-0.25, -0.2) is 0 Å². The summed E-state index contributed by atoms with van der Waals surface area (Å²) in [5.41, 5.74) is 4.51. The molecule has 0 radical (unpaired) electrons. The van der Waals surface area contributed by atoms with E-state index in [1.54, 1.807) is 0 Å². The first-order valence-electron chi connectivity index (χ1n) is 6.70. The minimum Gasteiger partial charge on any atom is -0.326 e. The van der Waals surface area contributed by atoms with Crippen LogP contribution in [0.3, 0.4) is 0 Å². The quantitative estimate of drug-likeness (QED) is 0.877. The Kier molecular flexibility index (Phi) is 3.08. The Labute approximate surface area is 113 Å². The number of amides is 1. The molecule has 0 aliphatic heterocycles. The SMILES string of the molecule is Cc1ccc(-c2ccc(NC(=O)C3CC3)cc2)cc1. The minimum absolute atomic E-state index is 0.156. The summed E-state index contributed by atoms with van der Waals surface area (Å²) in [6, 6.07) is 16.5. The number of nitrogens with one attached hydrogen (secondary N) is 1. The van der Waals surface area contributed by atoms with Gasteiger partial charge in [0.2, 0.25) is 5.91 Å². The summed E-state index contributed by atoms with van der Waals surface area (Å²) in [5.74, 6) is 0.403. The van der Waals surface area contributed by atoms with Gasteiger partial charge in [-0.3, -0.25) is 4.79 Å². The number of hydrogen-bond donors (Lipinski definition) is 1. The zero-order chi connectivity index (χ0) is 13.2. The number of hydrogen-bond acceptors (Lipinski definition) is 1. The predicted molar refractivity (Wildman–Crippen MR) is 78.0 cm³/mol. The predicted octanol–water partition coefficient (Wildman–Crippen LogP) is 4.01. The van der Waals surface area contributed by atoms with E-state index in [-0.39, 0.29) is 11.8 Å². The number of aryl methyl sites for hydroxylation is 1. The van der Waals surface area contributed by atoms with Crippen molar-refractivity contribution in [1.82, 2.24) is 0 Å². The van der Waals surface area contributed by atoms with E-state index in [2.05, 4.69) is 36.5 Å². The molecule has 19 heavy (non-hydrogen) atoms. The lowest BCUT2D eigenvalue weighted by atomic mass is 10.0. The molecule has 1 N–H and O–H groups in total. The summed E-state index contributed by atoms with van der Waals surface area (Å²) in [6.45, 7) is 2.08. The van der Waals surface area contributed by atoms with Crippen LogP contribution in [-0.4, -0.2) is 5.91 Å². The molecule has 0 aromatic heterocycles. The third-order valence-electron chi connectivity index (χ3n) is 3.49. The molecule has 2 aromatic rings. The van der Waals surface area contributed by atoms with Crippen molar-refractivity contribution in [2.45, 2.75) is 19.8 Å². The van der Waals surface area contributed by atoms with Crippen molar-refractivity contribution in [2.75, 3.05) is 5.32 Å². The van der Waals surface area contributed by atoms with Gasteiger partial charge >= 0.3 is 0 Å². The average Bonchev–Trinajstić information content (AvgIpc) is 3.25. The molecule has 2 nitrogen and oxygen atoms in total. The van der Waals surface area contributed by atoms with E-state index in [4.69, 9.17) is 0 Å². The molecule has 1 fully saturated rings. The molecule has 3 rings (SSSR count). The lowest BCUT2D eigenvalue weighted by molar-refractivity contribution is -0.117. The van der Waals surface area contributed by atoms with Crippen LogP contribution < -0.4 is 5.32 Å². The van der Waals surface area contributed by atoms with E-state index >= 15 is 0 Å². The van der Waals surface area contributed by atoms with E-state index in [1.807, 2.05) is 24.3 Å². The van der Waals surface area contributed by atoms with Gasteiger partial charge in [-0.1, -0.05) is 42.0 Å². The molecule has 1 amide bonds. The molecule has 1 saturated carbocycles. The molecule has 2 aromatic carbocycles. The van der Waals surface area contributed by atoms with Crippen molar-refractivity contribution in [3.63, 3.8) is 0 Å². The van der Waals surface area contributed by atoms with Crippen molar-refractivity contribution in [3.05, 3.63) is 54.1 Å². The summed E-state index contributed by atoms with van der Waals surface area (Å²) in [5, 5.41) is 2.95. The zero-order valence-corrected chi connectivity index (χ0v) is 11.0. The van der Waals surface area contributed by atoms with Crippen LogP contribution in [0.5, 0.6) is 0 Å². The molecule has 0 saturated heterocycles. The Morgan fingerprint density at radius 3 is 2.00 bits per heavy atom. The van der Waals surface area contributed by atoms with Crippen molar-refractivity contribution in [1.29, 1.82) is 0 Å². The lowest BCUT2D eigenvalue weighted by Gasteiger charge is -2.06. The van der Waals surface area contributed by atoms with Gasteiger partial charge < -0.3 is 5.32 Å². The lowest BCUT2D eigenvalue weighted by Crippen LogP contribution is -2.12. The largest absolute Gasteiger partial charge is 0.326 e. The fourth-order valence-corrected chi connectivity index (χ4v) is 2.08. The highest BCUT2D eigenvalue weighted by atomic mass is 16.2. The van der Waals surface area contributed by atoms with Crippen LogP contribution in [0.25, 0.3) is 11.1 Å². The van der Waals surface area contributed by atoms with E-state index < -0.39 is 0 Å². The Morgan fingerprint density at radius 2 is 1.47 bits per heavy atom. The molecule has 1 aliphatic rings.